The van der Waals surface area contributed by atoms with Crippen LogP contribution in [0.4, 0.5) is 0 Å². The number of phenols is 1. The van der Waals surface area contributed by atoms with Crippen LogP contribution in [-0.2, 0) is 4.79 Å². The zero-order valence-electron chi connectivity index (χ0n) is 12.1. The molecular weight excluding hydrogens is 294 g/mol. The topological polar surface area (TPSA) is 86.6 Å². The first-order chi connectivity index (χ1) is 9.81. The molecule has 0 saturated carbocycles. The number of nitrogens with one attached hydrogen (secondary N) is 1. The van der Waals surface area contributed by atoms with Crippen molar-refractivity contribution in [2.24, 2.45) is 5.92 Å². The van der Waals surface area contributed by atoms with E-state index in [0.717, 1.165) is 0 Å². The van der Waals surface area contributed by atoms with E-state index in [1.165, 1.54) is 18.2 Å². The number of carboxylic acids is 1. The van der Waals surface area contributed by atoms with Crippen molar-refractivity contribution in [1.29, 1.82) is 0 Å². The summed E-state index contributed by atoms with van der Waals surface area (Å²) in [6.07, 6.45) is 1.96. The van der Waals surface area contributed by atoms with E-state index in [4.69, 9.17) is 16.7 Å². The predicted octanol–water partition coefficient (Wildman–Crippen LogP) is 3.05. The summed E-state index contributed by atoms with van der Waals surface area (Å²) in [6, 6.07) is 4.21. The number of carbonyl (C=O) groups excluding carboxylic acids is 1. The van der Waals surface area contributed by atoms with E-state index in [0.29, 0.717) is 24.3 Å². The van der Waals surface area contributed by atoms with Crippen molar-refractivity contribution >= 4 is 23.5 Å². The number of rotatable bonds is 7. The van der Waals surface area contributed by atoms with Gasteiger partial charge in [-0.1, -0.05) is 24.9 Å². The van der Waals surface area contributed by atoms with Crippen molar-refractivity contribution < 1.29 is 19.8 Å². The minimum absolute atomic E-state index is 0.103. The summed E-state index contributed by atoms with van der Waals surface area (Å²) in [5.74, 6) is -1.72. The molecule has 0 aromatic heterocycles. The van der Waals surface area contributed by atoms with Crippen LogP contribution in [0.5, 0.6) is 5.75 Å². The van der Waals surface area contributed by atoms with E-state index in [1.54, 1.807) is 6.92 Å². The van der Waals surface area contributed by atoms with Crippen molar-refractivity contribution in [3.63, 3.8) is 0 Å². The quantitative estimate of drug-likeness (QED) is 0.722. The molecule has 0 saturated heterocycles. The fourth-order valence-corrected chi connectivity index (χ4v) is 2.09. The minimum Gasteiger partial charge on any atom is -0.507 e. The third kappa shape index (κ3) is 5.63. The Hall–Kier alpha value is -1.75. The van der Waals surface area contributed by atoms with Gasteiger partial charge in [-0.05, 0) is 38.0 Å². The molecule has 6 heteroatoms. The number of carbonyl (C=O) groups is 2. The fraction of sp³-hybridized carbons (Fsp3) is 0.467. The Labute approximate surface area is 128 Å². The second kappa shape index (κ2) is 7.88. The molecule has 1 aromatic carbocycles. The highest BCUT2D eigenvalue weighted by Crippen LogP contribution is 2.22. The lowest BCUT2D eigenvalue weighted by Gasteiger charge is -2.15. The monoisotopic (exact) mass is 313 g/mol. The summed E-state index contributed by atoms with van der Waals surface area (Å²) < 4.78 is 0. The van der Waals surface area contributed by atoms with Gasteiger partial charge < -0.3 is 15.5 Å². The molecule has 2 atom stereocenters. The molecule has 1 aromatic rings. The number of aromatic hydroxyl groups is 1. The van der Waals surface area contributed by atoms with Crippen molar-refractivity contribution in [1.82, 2.24) is 5.32 Å². The molecule has 2 unspecified atom stereocenters. The Balaban J connectivity index is 2.45. The van der Waals surface area contributed by atoms with Gasteiger partial charge in [-0.15, -0.1) is 0 Å². The number of halogens is 1. The van der Waals surface area contributed by atoms with Crippen molar-refractivity contribution in [2.45, 2.75) is 39.2 Å². The summed E-state index contributed by atoms with van der Waals surface area (Å²) in [5.41, 5.74) is 0.171. The average molecular weight is 314 g/mol. The molecule has 0 bridgehead atoms. The molecule has 0 fully saturated rings. The van der Waals surface area contributed by atoms with E-state index >= 15 is 0 Å². The van der Waals surface area contributed by atoms with Crippen molar-refractivity contribution in [3.05, 3.63) is 28.8 Å². The van der Waals surface area contributed by atoms with E-state index in [2.05, 4.69) is 5.32 Å². The maximum absolute atomic E-state index is 12.0. The standard InChI is InChI=1S/C15H20ClNO4/c1-9(15(20)21)4-3-5-10(2)17-14(19)12-7-6-11(16)8-13(12)18/h6-10,18H,3-5H2,1-2H3,(H,17,19)(H,20,21). The van der Waals surface area contributed by atoms with Gasteiger partial charge in [0.15, 0.2) is 0 Å². The van der Waals surface area contributed by atoms with Crippen LogP contribution < -0.4 is 5.32 Å². The van der Waals surface area contributed by atoms with Gasteiger partial charge in [0, 0.05) is 11.1 Å². The molecule has 0 heterocycles. The van der Waals surface area contributed by atoms with E-state index in [9.17, 15) is 14.7 Å². The smallest absolute Gasteiger partial charge is 0.306 e. The van der Waals surface area contributed by atoms with Gasteiger partial charge in [-0.25, -0.2) is 0 Å². The van der Waals surface area contributed by atoms with Crippen LogP contribution in [0.1, 0.15) is 43.5 Å². The van der Waals surface area contributed by atoms with Crippen molar-refractivity contribution in [2.75, 3.05) is 0 Å². The molecule has 0 aliphatic heterocycles. The molecule has 1 rings (SSSR count). The molecular formula is C15H20ClNO4. The molecule has 3 N–H and O–H groups in total. The highest BCUT2D eigenvalue weighted by molar-refractivity contribution is 6.30. The Kier molecular flexibility index (Phi) is 6.49. The van der Waals surface area contributed by atoms with E-state index in [1.807, 2.05) is 6.92 Å². The predicted molar refractivity (Wildman–Crippen MR) is 80.7 cm³/mol. The number of benzene rings is 1. The van der Waals surface area contributed by atoms with Gasteiger partial charge in [-0.2, -0.15) is 0 Å². The maximum Gasteiger partial charge on any atom is 0.306 e. The first-order valence-electron chi connectivity index (χ1n) is 6.83. The zero-order chi connectivity index (χ0) is 16.0. The molecule has 5 nitrogen and oxygen atoms in total. The average Bonchev–Trinajstić information content (AvgIpc) is 2.37. The summed E-state index contributed by atoms with van der Waals surface area (Å²) in [5, 5.41) is 21.6. The lowest BCUT2D eigenvalue weighted by Crippen LogP contribution is -2.32. The summed E-state index contributed by atoms with van der Waals surface area (Å²) in [4.78, 5) is 22.7. The second-order valence-electron chi connectivity index (χ2n) is 5.21. The number of hydrogen-bond acceptors (Lipinski definition) is 3. The number of aliphatic carboxylic acids is 1. The van der Waals surface area contributed by atoms with Gasteiger partial charge in [0.25, 0.3) is 5.91 Å². The van der Waals surface area contributed by atoms with Crippen LogP contribution in [0.25, 0.3) is 0 Å². The minimum atomic E-state index is -0.808. The molecule has 21 heavy (non-hydrogen) atoms. The number of hydrogen-bond donors (Lipinski definition) is 3. The molecule has 0 radical (unpaired) electrons. The molecule has 0 aliphatic rings. The summed E-state index contributed by atoms with van der Waals surface area (Å²) in [6.45, 7) is 3.51. The van der Waals surface area contributed by atoms with Crippen LogP contribution in [0, 0.1) is 5.92 Å². The largest absolute Gasteiger partial charge is 0.507 e. The molecule has 0 aliphatic carbocycles. The Morgan fingerprint density at radius 2 is 1.95 bits per heavy atom. The first kappa shape index (κ1) is 17.3. The van der Waals surface area contributed by atoms with Crippen LogP contribution in [-0.4, -0.2) is 28.1 Å². The molecule has 0 spiro atoms. The summed E-state index contributed by atoms with van der Waals surface area (Å²) >= 11 is 5.71. The first-order valence-corrected chi connectivity index (χ1v) is 7.21. The summed E-state index contributed by atoms with van der Waals surface area (Å²) in [7, 11) is 0. The Morgan fingerprint density at radius 3 is 2.52 bits per heavy atom. The normalized spacial score (nSPS) is 13.5. The van der Waals surface area contributed by atoms with Gasteiger partial charge in [0.1, 0.15) is 5.75 Å². The molecule has 116 valence electrons. The van der Waals surface area contributed by atoms with Crippen LogP contribution in [0.15, 0.2) is 18.2 Å². The van der Waals surface area contributed by atoms with Crippen LogP contribution in [0.3, 0.4) is 0 Å². The van der Waals surface area contributed by atoms with Crippen molar-refractivity contribution in [3.8, 4) is 5.75 Å². The highest BCUT2D eigenvalue weighted by atomic mass is 35.5. The number of amides is 1. The lowest BCUT2D eigenvalue weighted by atomic mass is 10.0. The van der Waals surface area contributed by atoms with Crippen LogP contribution >= 0.6 is 11.6 Å². The van der Waals surface area contributed by atoms with E-state index < -0.39 is 5.97 Å². The fourth-order valence-electron chi connectivity index (χ4n) is 1.92. The molecule has 1 amide bonds. The van der Waals surface area contributed by atoms with Gasteiger partial charge in [-0.3, -0.25) is 9.59 Å². The highest BCUT2D eigenvalue weighted by Gasteiger charge is 2.15. The van der Waals surface area contributed by atoms with E-state index in [-0.39, 0.29) is 29.2 Å². The van der Waals surface area contributed by atoms with Gasteiger partial charge in [0.2, 0.25) is 0 Å². The lowest BCUT2D eigenvalue weighted by molar-refractivity contribution is -0.141. The maximum atomic E-state index is 12.0. The SMILES string of the molecule is CC(CCCC(C)C(=O)O)NC(=O)c1ccc(Cl)cc1O. The third-order valence-electron chi connectivity index (χ3n) is 3.28. The number of carboxylic acid groups (broad SMARTS) is 1. The Bertz CT molecular complexity index is 518. The second-order valence-corrected chi connectivity index (χ2v) is 5.64. The van der Waals surface area contributed by atoms with Gasteiger partial charge in [0.05, 0.1) is 11.5 Å². The zero-order valence-corrected chi connectivity index (χ0v) is 12.9. The van der Waals surface area contributed by atoms with Crippen LogP contribution in [0.2, 0.25) is 5.02 Å². The third-order valence-corrected chi connectivity index (χ3v) is 3.51. The Morgan fingerprint density at radius 1 is 1.29 bits per heavy atom. The number of phenolic OH excluding ortho intramolecular Hbond substituents is 1. The van der Waals surface area contributed by atoms with Gasteiger partial charge >= 0.3 is 5.97 Å².